The number of esters is 1. The SMILES string of the molecule is CCOC(=O)c1sc(N2CCC(OC)CC2)c(SC)c1N. The summed E-state index contributed by atoms with van der Waals surface area (Å²) < 4.78 is 10.5. The summed E-state index contributed by atoms with van der Waals surface area (Å²) in [4.78, 5) is 15.8. The second-order valence-electron chi connectivity index (χ2n) is 4.83. The molecule has 0 amide bonds. The van der Waals surface area contributed by atoms with Crippen LogP contribution in [-0.4, -0.2) is 45.1 Å². The zero-order valence-electron chi connectivity index (χ0n) is 12.7. The fourth-order valence-electron chi connectivity index (χ4n) is 2.46. The highest BCUT2D eigenvalue weighted by Gasteiger charge is 2.27. The number of methoxy groups -OCH3 is 1. The molecule has 5 nitrogen and oxygen atoms in total. The largest absolute Gasteiger partial charge is 0.462 e. The van der Waals surface area contributed by atoms with E-state index in [1.54, 1.807) is 25.8 Å². The molecule has 2 N–H and O–H groups in total. The van der Waals surface area contributed by atoms with Gasteiger partial charge in [-0.3, -0.25) is 0 Å². The molecule has 0 bridgehead atoms. The fourth-order valence-corrected chi connectivity index (χ4v) is 4.59. The van der Waals surface area contributed by atoms with Gasteiger partial charge in [0, 0.05) is 20.2 Å². The number of hydrogen-bond donors (Lipinski definition) is 1. The van der Waals surface area contributed by atoms with Crippen LogP contribution in [0.15, 0.2) is 4.90 Å². The van der Waals surface area contributed by atoms with Gasteiger partial charge in [0.15, 0.2) is 0 Å². The molecule has 0 radical (unpaired) electrons. The highest BCUT2D eigenvalue weighted by atomic mass is 32.2. The van der Waals surface area contributed by atoms with Crippen LogP contribution in [0.5, 0.6) is 0 Å². The molecule has 1 aliphatic rings. The summed E-state index contributed by atoms with van der Waals surface area (Å²) in [5.41, 5.74) is 6.69. The number of nitrogens with zero attached hydrogens (tertiary/aromatic N) is 1. The molecular weight excluding hydrogens is 308 g/mol. The summed E-state index contributed by atoms with van der Waals surface area (Å²) in [7, 11) is 1.76. The lowest BCUT2D eigenvalue weighted by molar-refractivity contribution is 0.0533. The van der Waals surface area contributed by atoms with Gasteiger partial charge in [-0.05, 0) is 26.0 Å². The number of piperidine rings is 1. The number of rotatable bonds is 5. The van der Waals surface area contributed by atoms with Crippen molar-refractivity contribution in [2.75, 3.05) is 43.7 Å². The summed E-state index contributed by atoms with van der Waals surface area (Å²) in [6.45, 7) is 4.01. The van der Waals surface area contributed by atoms with Crippen LogP contribution in [0, 0.1) is 0 Å². The first-order valence-electron chi connectivity index (χ1n) is 7.03. The molecule has 0 spiro atoms. The van der Waals surface area contributed by atoms with E-state index in [1.165, 1.54) is 11.3 Å². The van der Waals surface area contributed by atoms with Crippen LogP contribution in [0.3, 0.4) is 0 Å². The Morgan fingerprint density at radius 1 is 1.48 bits per heavy atom. The van der Waals surface area contributed by atoms with Crippen molar-refractivity contribution in [2.45, 2.75) is 30.8 Å². The highest BCUT2D eigenvalue weighted by molar-refractivity contribution is 7.99. The first-order chi connectivity index (χ1) is 10.1. The van der Waals surface area contributed by atoms with Gasteiger partial charge in [0.05, 0.1) is 23.3 Å². The van der Waals surface area contributed by atoms with Crippen molar-refractivity contribution in [3.05, 3.63) is 4.88 Å². The van der Waals surface area contributed by atoms with Gasteiger partial charge >= 0.3 is 5.97 Å². The molecule has 1 aromatic heterocycles. The molecule has 7 heteroatoms. The van der Waals surface area contributed by atoms with E-state index in [0.717, 1.165) is 35.8 Å². The Balaban J connectivity index is 2.23. The predicted octanol–water partition coefficient (Wildman–Crippen LogP) is 2.84. The van der Waals surface area contributed by atoms with Crippen LogP contribution in [0.4, 0.5) is 10.7 Å². The van der Waals surface area contributed by atoms with Crippen LogP contribution in [0.2, 0.25) is 0 Å². The van der Waals surface area contributed by atoms with Crippen LogP contribution >= 0.6 is 23.1 Å². The maximum Gasteiger partial charge on any atom is 0.350 e. The molecule has 118 valence electrons. The summed E-state index contributed by atoms with van der Waals surface area (Å²) in [5, 5.41) is 1.08. The molecule has 0 aliphatic carbocycles. The third kappa shape index (κ3) is 3.46. The van der Waals surface area contributed by atoms with Crippen LogP contribution in [-0.2, 0) is 9.47 Å². The molecule has 2 rings (SSSR count). The molecule has 1 aliphatic heterocycles. The minimum Gasteiger partial charge on any atom is -0.462 e. The first kappa shape index (κ1) is 16.5. The van der Waals surface area contributed by atoms with Gasteiger partial charge in [-0.1, -0.05) is 0 Å². The van der Waals surface area contributed by atoms with Crippen molar-refractivity contribution >= 4 is 39.8 Å². The zero-order valence-corrected chi connectivity index (χ0v) is 14.3. The molecule has 1 aromatic rings. The van der Waals surface area contributed by atoms with Gasteiger partial charge in [-0.25, -0.2) is 4.79 Å². The highest BCUT2D eigenvalue weighted by Crippen LogP contribution is 2.44. The van der Waals surface area contributed by atoms with Crippen molar-refractivity contribution in [1.82, 2.24) is 0 Å². The van der Waals surface area contributed by atoms with Gasteiger partial charge < -0.3 is 20.1 Å². The number of ether oxygens (including phenoxy) is 2. The Bertz CT molecular complexity index is 497. The Hall–Kier alpha value is -0.920. The average molecular weight is 330 g/mol. The van der Waals surface area contributed by atoms with Gasteiger partial charge in [0.25, 0.3) is 0 Å². The van der Waals surface area contributed by atoms with E-state index in [1.807, 2.05) is 6.26 Å². The van der Waals surface area contributed by atoms with Crippen LogP contribution < -0.4 is 10.6 Å². The smallest absolute Gasteiger partial charge is 0.350 e. The lowest BCUT2D eigenvalue weighted by Gasteiger charge is -2.32. The number of hydrogen-bond acceptors (Lipinski definition) is 7. The molecule has 1 saturated heterocycles. The number of nitrogen functional groups attached to an aromatic ring is 1. The molecule has 1 fully saturated rings. The monoisotopic (exact) mass is 330 g/mol. The van der Waals surface area contributed by atoms with Crippen LogP contribution in [0.1, 0.15) is 29.4 Å². The molecule has 2 heterocycles. The minimum absolute atomic E-state index is 0.326. The van der Waals surface area contributed by atoms with E-state index >= 15 is 0 Å². The second kappa shape index (κ2) is 7.38. The lowest BCUT2D eigenvalue weighted by Crippen LogP contribution is -2.36. The third-order valence-electron chi connectivity index (χ3n) is 3.61. The maximum absolute atomic E-state index is 12.0. The number of carbonyl (C=O) groups excluding carboxylic acids is 1. The van der Waals surface area contributed by atoms with Gasteiger partial charge in [-0.2, -0.15) is 0 Å². The van der Waals surface area contributed by atoms with Crippen molar-refractivity contribution in [3.8, 4) is 0 Å². The molecule has 0 saturated carbocycles. The van der Waals surface area contributed by atoms with E-state index in [9.17, 15) is 4.79 Å². The van der Waals surface area contributed by atoms with Crippen LogP contribution in [0.25, 0.3) is 0 Å². The number of thioether (sulfide) groups is 1. The summed E-state index contributed by atoms with van der Waals surface area (Å²) in [6, 6.07) is 0. The summed E-state index contributed by atoms with van der Waals surface area (Å²) in [5.74, 6) is -0.326. The fraction of sp³-hybridized carbons (Fsp3) is 0.643. The molecule has 0 aromatic carbocycles. The Morgan fingerprint density at radius 3 is 2.67 bits per heavy atom. The zero-order chi connectivity index (χ0) is 15.4. The van der Waals surface area contributed by atoms with Gasteiger partial charge in [0.1, 0.15) is 9.88 Å². The quantitative estimate of drug-likeness (QED) is 0.661. The standard InChI is InChI=1S/C14H22N2O3S2/c1-4-19-14(17)12-10(15)11(20-3)13(21-12)16-7-5-9(18-2)6-8-16/h9H,4-8,15H2,1-3H3. The molecule has 21 heavy (non-hydrogen) atoms. The minimum atomic E-state index is -0.326. The second-order valence-corrected chi connectivity index (χ2v) is 6.64. The molecule has 0 atom stereocenters. The van der Waals surface area contributed by atoms with Gasteiger partial charge in [0.2, 0.25) is 0 Å². The Kier molecular flexibility index (Phi) is 5.78. The predicted molar refractivity (Wildman–Crippen MR) is 88.7 cm³/mol. The van der Waals surface area contributed by atoms with E-state index in [4.69, 9.17) is 15.2 Å². The molecule has 0 unspecified atom stereocenters. The first-order valence-corrected chi connectivity index (χ1v) is 9.07. The number of nitrogens with two attached hydrogens (primary N) is 1. The average Bonchev–Trinajstić information content (AvgIpc) is 2.84. The van der Waals surface area contributed by atoms with E-state index in [2.05, 4.69) is 4.90 Å². The van der Waals surface area contributed by atoms with E-state index < -0.39 is 0 Å². The topological polar surface area (TPSA) is 64.8 Å². The van der Waals surface area contributed by atoms with Crippen molar-refractivity contribution < 1.29 is 14.3 Å². The maximum atomic E-state index is 12.0. The summed E-state index contributed by atoms with van der Waals surface area (Å²) in [6.07, 6.45) is 4.31. The normalized spacial score (nSPS) is 16.2. The number of carbonyl (C=O) groups is 1. The lowest BCUT2D eigenvalue weighted by atomic mass is 10.1. The summed E-state index contributed by atoms with van der Waals surface area (Å²) >= 11 is 3.02. The van der Waals surface area contributed by atoms with Crippen molar-refractivity contribution in [3.63, 3.8) is 0 Å². The Labute approximate surface area is 133 Å². The van der Waals surface area contributed by atoms with E-state index in [0.29, 0.717) is 23.3 Å². The molecular formula is C14H22N2O3S2. The van der Waals surface area contributed by atoms with Crippen molar-refractivity contribution in [2.24, 2.45) is 0 Å². The van der Waals surface area contributed by atoms with Crippen molar-refractivity contribution in [1.29, 1.82) is 0 Å². The third-order valence-corrected chi connectivity index (χ3v) is 5.81. The van der Waals surface area contributed by atoms with Gasteiger partial charge in [-0.15, -0.1) is 23.1 Å². The Morgan fingerprint density at radius 2 is 2.14 bits per heavy atom. The number of thiophene rings is 1. The van der Waals surface area contributed by atoms with E-state index in [-0.39, 0.29) is 5.97 Å². The number of anilines is 2.